The topological polar surface area (TPSA) is 89.1 Å². The third-order valence-electron chi connectivity index (χ3n) is 4.15. The predicted octanol–water partition coefficient (Wildman–Crippen LogP) is 3.30. The molecule has 8 heteroatoms. The van der Waals surface area contributed by atoms with Gasteiger partial charge in [0.05, 0.1) is 27.0 Å². The summed E-state index contributed by atoms with van der Waals surface area (Å²) < 4.78 is 15.9. The number of methoxy groups -OCH3 is 3. The summed E-state index contributed by atoms with van der Waals surface area (Å²) in [6.07, 6.45) is 1.60. The smallest absolute Gasteiger partial charge is 0.326 e. The minimum atomic E-state index is -0.372. The van der Waals surface area contributed by atoms with E-state index in [1.807, 2.05) is 0 Å². The summed E-state index contributed by atoms with van der Waals surface area (Å²) >= 11 is 0. The van der Waals surface area contributed by atoms with Crippen molar-refractivity contribution in [2.45, 2.75) is 0 Å². The molecule has 8 nitrogen and oxygen atoms in total. The van der Waals surface area contributed by atoms with Gasteiger partial charge in [-0.05, 0) is 24.3 Å². The quantitative estimate of drug-likeness (QED) is 0.665. The molecule has 3 amide bonds. The van der Waals surface area contributed by atoms with E-state index >= 15 is 0 Å². The average Bonchev–Trinajstić information content (AvgIpc) is 2.76. The van der Waals surface area contributed by atoms with Crippen molar-refractivity contribution < 1.29 is 23.8 Å². The lowest BCUT2D eigenvalue weighted by Crippen LogP contribution is -2.31. The highest BCUT2D eigenvalue weighted by Crippen LogP contribution is 2.40. The highest BCUT2D eigenvalue weighted by molar-refractivity contribution is 6.02. The number of hydrogen-bond acceptors (Lipinski definition) is 5. The summed E-state index contributed by atoms with van der Waals surface area (Å²) in [4.78, 5) is 26.0. The standard InChI is InChI=1S/C21H25N3O5/c1-6-11-22-20(25)14-7-9-15(10-8-14)23-21(26)24(2)16-12-17(27-3)19(29-5)18(13-16)28-4/h6-10,12-13H,1,11H2,2-5H3,(H,22,25)(H,23,26). The number of anilines is 2. The lowest BCUT2D eigenvalue weighted by atomic mass is 10.2. The summed E-state index contributed by atoms with van der Waals surface area (Å²) in [7, 11) is 6.15. The normalized spacial score (nSPS) is 9.93. The zero-order chi connectivity index (χ0) is 21.4. The first kappa shape index (κ1) is 21.6. The Morgan fingerprint density at radius 2 is 1.62 bits per heavy atom. The second kappa shape index (κ2) is 10.0. The third-order valence-corrected chi connectivity index (χ3v) is 4.15. The van der Waals surface area contributed by atoms with Crippen LogP contribution >= 0.6 is 0 Å². The first-order valence-electron chi connectivity index (χ1n) is 8.79. The maximum absolute atomic E-state index is 12.6. The first-order chi connectivity index (χ1) is 13.9. The van der Waals surface area contributed by atoms with Crippen LogP contribution in [0.1, 0.15) is 10.4 Å². The minimum absolute atomic E-state index is 0.211. The van der Waals surface area contributed by atoms with Crippen molar-refractivity contribution in [3.05, 3.63) is 54.6 Å². The number of carbonyl (C=O) groups excluding carboxylic acids is 2. The molecule has 0 saturated carbocycles. The number of carbonyl (C=O) groups is 2. The van der Waals surface area contributed by atoms with E-state index in [0.29, 0.717) is 40.7 Å². The molecule has 0 aromatic heterocycles. The Kier molecular flexibility index (Phi) is 7.47. The van der Waals surface area contributed by atoms with Crippen molar-refractivity contribution in [2.75, 3.05) is 45.1 Å². The zero-order valence-corrected chi connectivity index (χ0v) is 16.9. The maximum atomic E-state index is 12.6. The molecule has 0 aliphatic heterocycles. The van der Waals surface area contributed by atoms with Crippen molar-refractivity contribution in [3.8, 4) is 17.2 Å². The fourth-order valence-corrected chi connectivity index (χ4v) is 2.56. The van der Waals surface area contributed by atoms with Crippen LogP contribution < -0.4 is 29.7 Å². The Hall–Kier alpha value is -3.68. The van der Waals surface area contributed by atoms with Gasteiger partial charge in [0, 0.05) is 37.0 Å². The number of rotatable bonds is 8. The molecule has 0 heterocycles. The van der Waals surface area contributed by atoms with E-state index in [2.05, 4.69) is 17.2 Å². The van der Waals surface area contributed by atoms with Crippen LogP contribution in [0.2, 0.25) is 0 Å². The van der Waals surface area contributed by atoms with Crippen molar-refractivity contribution in [1.82, 2.24) is 5.32 Å². The highest BCUT2D eigenvalue weighted by Gasteiger charge is 2.18. The van der Waals surface area contributed by atoms with Gasteiger partial charge in [0.2, 0.25) is 5.75 Å². The van der Waals surface area contributed by atoms with E-state index in [1.54, 1.807) is 49.5 Å². The van der Waals surface area contributed by atoms with Gasteiger partial charge in [-0.3, -0.25) is 9.69 Å². The van der Waals surface area contributed by atoms with E-state index in [9.17, 15) is 9.59 Å². The second-order valence-corrected chi connectivity index (χ2v) is 5.95. The summed E-state index contributed by atoms with van der Waals surface area (Å²) in [5.74, 6) is 1.11. The summed E-state index contributed by atoms with van der Waals surface area (Å²) in [6.45, 7) is 3.94. The van der Waals surface area contributed by atoms with Crippen molar-refractivity contribution >= 4 is 23.3 Å². The second-order valence-electron chi connectivity index (χ2n) is 5.95. The van der Waals surface area contributed by atoms with Crippen molar-refractivity contribution in [3.63, 3.8) is 0 Å². The van der Waals surface area contributed by atoms with E-state index < -0.39 is 0 Å². The van der Waals surface area contributed by atoms with Gasteiger partial charge >= 0.3 is 6.03 Å². The molecule has 29 heavy (non-hydrogen) atoms. The fourth-order valence-electron chi connectivity index (χ4n) is 2.56. The lowest BCUT2D eigenvalue weighted by molar-refractivity contribution is 0.0958. The average molecular weight is 399 g/mol. The highest BCUT2D eigenvalue weighted by atomic mass is 16.5. The van der Waals surface area contributed by atoms with Crippen LogP contribution in [-0.4, -0.2) is 46.9 Å². The summed E-state index contributed by atoms with van der Waals surface area (Å²) in [5, 5.41) is 5.47. The van der Waals surface area contributed by atoms with Gasteiger partial charge in [-0.15, -0.1) is 6.58 Å². The first-order valence-corrected chi connectivity index (χ1v) is 8.79. The van der Waals surface area contributed by atoms with Gasteiger partial charge in [-0.1, -0.05) is 6.08 Å². The van der Waals surface area contributed by atoms with Crippen LogP contribution in [0.25, 0.3) is 0 Å². The molecule has 2 rings (SSSR count). The van der Waals surface area contributed by atoms with Gasteiger partial charge in [0.15, 0.2) is 11.5 Å². The number of amides is 3. The number of ether oxygens (including phenoxy) is 3. The monoisotopic (exact) mass is 399 g/mol. The molecule has 0 fully saturated rings. The zero-order valence-electron chi connectivity index (χ0n) is 16.9. The molecular formula is C21H25N3O5. The van der Waals surface area contributed by atoms with Gasteiger partial charge in [0.25, 0.3) is 5.91 Å². The Morgan fingerprint density at radius 1 is 1.03 bits per heavy atom. The Balaban J connectivity index is 2.14. The number of hydrogen-bond donors (Lipinski definition) is 2. The number of nitrogens with one attached hydrogen (secondary N) is 2. The minimum Gasteiger partial charge on any atom is -0.493 e. The maximum Gasteiger partial charge on any atom is 0.326 e. The van der Waals surface area contributed by atoms with E-state index in [-0.39, 0.29) is 11.9 Å². The van der Waals surface area contributed by atoms with Crippen LogP contribution in [0.3, 0.4) is 0 Å². The van der Waals surface area contributed by atoms with Crippen LogP contribution in [-0.2, 0) is 0 Å². The van der Waals surface area contributed by atoms with E-state index in [0.717, 1.165) is 0 Å². The SMILES string of the molecule is C=CCNC(=O)c1ccc(NC(=O)N(C)c2cc(OC)c(OC)c(OC)c2)cc1. The molecule has 2 aromatic carbocycles. The van der Waals surface area contributed by atoms with E-state index in [4.69, 9.17) is 14.2 Å². The molecule has 0 bridgehead atoms. The lowest BCUT2D eigenvalue weighted by Gasteiger charge is -2.21. The molecule has 2 aromatic rings. The number of benzene rings is 2. The van der Waals surface area contributed by atoms with E-state index in [1.165, 1.54) is 26.2 Å². The molecule has 0 radical (unpaired) electrons. The summed E-state index contributed by atoms with van der Waals surface area (Å²) in [6, 6.07) is 9.55. The molecule has 0 aliphatic rings. The van der Waals surface area contributed by atoms with Crippen molar-refractivity contribution in [1.29, 1.82) is 0 Å². The largest absolute Gasteiger partial charge is 0.493 e. The Morgan fingerprint density at radius 3 is 2.10 bits per heavy atom. The van der Waals surface area contributed by atoms with Gasteiger partial charge in [0.1, 0.15) is 0 Å². The molecular weight excluding hydrogens is 374 g/mol. The van der Waals surface area contributed by atoms with Gasteiger partial charge < -0.3 is 24.8 Å². The molecule has 154 valence electrons. The Labute approximate surface area is 170 Å². The van der Waals surface area contributed by atoms with Crippen LogP contribution in [0, 0.1) is 0 Å². The molecule has 0 unspecified atom stereocenters. The van der Waals surface area contributed by atoms with Crippen molar-refractivity contribution in [2.24, 2.45) is 0 Å². The molecule has 0 aliphatic carbocycles. The van der Waals surface area contributed by atoms with Crippen LogP contribution in [0.15, 0.2) is 49.1 Å². The number of nitrogens with zero attached hydrogens (tertiary/aromatic N) is 1. The van der Waals surface area contributed by atoms with Gasteiger partial charge in [-0.25, -0.2) is 4.79 Å². The molecule has 0 saturated heterocycles. The van der Waals surface area contributed by atoms with Gasteiger partial charge in [-0.2, -0.15) is 0 Å². The molecule has 0 spiro atoms. The third kappa shape index (κ3) is 5.19. The summed E-state index contributed by atoms with van der Waals surface area (Å²) in [5.41, 5.74) is 1.59. The van der Waals surface area contributed by atoms with Crippen LogP contribution in [0.5, 0.6) is 17.2 Å². The van der Waals surface area contributed by atoms with Crippen LogP contribution in [0.4, 0.5) is 16.2 Å². The Bertz CT molecular complexity index is 855. The predicted molar refractivity (Wildman–Crippen MR) is 112 cm³/mol. The fraction of sp³-hybridized carbons (Fsp3) is 0.238. The molecule has 2 N–H and O–H groups in total. The number of urea groups is 1. The molecule has 0 atom stereocenters.